The van der Waals surface area contributed by atoms with Gasteiger partial charge in [-0.05, 0) is 43.2 Å². The smallest absolute Gasteiger partial charge is 0.244 e. The van der Waals surface area contributed by atoms with Crippen LogP contribution in [0.2, 0.25) is 0 Å². The van der Waals surface area contributed by atoms with E-state index >= 15 is 0 Å². The number of fused-ring (bicyclic) bond motifs is 1. The van der Waals surface area contributed by atoms with Crippen LogP contribution in [0.3, 0.4) is 0 Å². The molecule has 3 aromatic rings. The van der Waals surface area contributed by atoms with E-state index in [1.165, 1.54) is 12.4 Å². The first-order valence-electron chi connectivity index (χ1n) is 11.6. The van der Waals surface area contributed by atoms with Gasteiger partial charge in [0.25, 0.3) is 0 Å². The van der Waals surface area contributed by atoms with Crippen molar-refractivity contribution in [3.8, 4) is 0 Å². The van der Waals surface area contributed by atoms with E-state index in [1.54, 1.807) is 13.0 Å². The van der Waals surface area contributed by atoms with Crippen LogP contribution in [-0.4, -0.2) is 50.4 Å². The second kappa shape index (κ2) is 6.83. The van der Waals surface area contributed by atoms with Crippen molar-refractivity contribution in [2.75, 3.05) is 34.8 Å². The molecule has 0 bridgehead atoms. The van der Waals surface area contributed by atoms with Crippen molar-refractivity contribution in [3.63, 3.8) is 0 Å². The van der Waals surface area contributed by atoms with Gasteiger partial charge in [0.15, 0.2) is 23.3 Å². The molecule has 2 aromatic heterocycles. The number of hydrogen-bond acceptors (Lipinski definition) is 7. The number of halogens is 3. The van der Waals surface area contributed by atoms with Crippen LogP contribution >= 0.6 is 0 Å². The third-order valence-electron chi connectivity index (χ3n) is 8.09. The maximum atomic E-state index is 14.6. The van der Waals surface area contributed by atoms with Crippen molar-refractivity contribution in [3.05, 3.63) is 47.7 Å². The minimum absolute atomic E-state index is 0.220. The monoisotopic (exact) mass is 468 g/mol. The lowest BCUT2D eigenvalue weighted by Gasteiger charge is -2.38. The Morgan fingerprint density at radius 2 is 1.97 bits per heavy atom. The Hall–Kier alpha value is -3.37. The van der Waals surface area contributed by atoms with Crippen LogP contribution in [0.25, 0.3) is 0 Å². The Morgan fingerprint density at radius 1 is 1.09 bits per heavy atom. The minimum atomic E-state index is -0.881. The molecule has 4 atom stereocenters. The summed E-state index contributed by atoms with van der Waals surface area (Å²) in [6.45, 7) is 4.57. The minimum Gasteiger partial charge on any atom is -0.353 e. The zero-order chi connectivity index (χ0) is 23.2. The molecule has 0 radical (unpaired) electrons. The summed E-state index contributed by atoms with van der Waals surface area (Å²) in [6.07, 6.45) is 3.35. The first-order chi connectivity index (χ1) is 16.4. The van der Waals surface area contributed by atoms with Crippen molar-refractivity contribution >= 4 is 23.4 Å². The molecule has 3 fully saturated rings. The van der Waals surface area contributed by atoms with Crippen molar-refractivity contribution in [1.29, 1.82) is 0 Å². The van der Waals surface area contributed by atoms with Crippen molar-refractivity contribution in [2.45, 2.75) is 32.4 Å². The van der Waals surface area contributed by atoms with E-state index in [2.05, 4.69) is 20.4 Å². The van der Waals surface area contributed by atoms with Crippen LogP contribution in [0, 0.1) is 41.6 Å². The summed E-state index contributed by atoms with van der Waals surface area (Å²) < 4.78 is 43.7. The largest absolute Gasteiger partial charge is 0.353 e. The average Bonchev–Trinajstić information content (AvgIpc) is 3.10. The quantitative estimate of drug-likeness (QED) is 0.630. The number of anilines is 4. The Labute approximate surface area is 193 Å². The summed E-state index contributed by atoms with van der Waals surface area (Å²) in [4.78, 5) is 16.8. The van der Waals surface area contributed by atoms with E-state index in [9.17, 15) is 13.2 Å². The van der Waals surface area contributed by atoms with Crippen molar-refractivity contribution in [1.82, 2.24) is 24.7 Å². The van der Waals surface area contributed by atoms with Gasteiger partial charge in [-0.1, -0.05) is 0 Å². The maximum Gasteiger partial charge on any atom is 0.244 e. The molecule has 2 aliphatic heterocycles. The van der Waals surface area contributed by atoms with Gasteiger partial charge in [-0.2, -0.15) is 4.98 Å². The topological polar surface area (TPSA) is 75.0 Å². The summed E-state index contributed by atoms with van der Waals surface area (Å²) in [5.74, 6) is 0.330. The fraction of sp³-hybridized carbons (Fsp3) is 0.478. The van der Waals surface area contributed by atoms with Gasteiger partial charge >= 0.3 is 0 Å². The van der Waals surface area contributed by atoms with Crippen LogP contribution in [0.15, 0.2) is 24.5 Å². The van der Waals surface area contributed by atoms with Gasteiger partial charge in [-0.15, -0.1) is 5.10 Å². The van der Waals surface area contributed by atoms with Gasteiger partial charge in [0.05, 0.1) is 5.69 Å². The van der Waals surface area contributed by atoms with Crippen LogP contribution in [0.1, 0.15) is 18.5 Å². The molecule has 11 heteroatoms. The Morgan fingerprint density at radius 3 is 2.82 bits per heavy atom. The summed E-state index contributed by atoms with van der Waals surface area (Å²) in [7, 11) is 0. The molecule has 1 N–H and O–H groups in total. The molecule has 4 heterocycles. The van der Waals surface area contributed by atoms with Gasteiger partial charge in [-0.3, -0.25) is 0 Å². The van der Waals surface area contributed by atoms with Gasteiger partial charge in [-0.25, -0.2) is 27.8 Å². The number of aromatic nitrogens is 5. The Kier molecular flexibility index (Phi) is 4.03. The predicted molar refractivity (Wildman–Crippen MR) is 118 cm³/mol. The van der Waals surface area contributed by atoms with E-state index in [0.717, 1.165) is 32.0 Å². The fourth-order valence-electron chi connectivity index (χ4n) is 6.33. The lowest BCUT2D eigenvalue weighted by atomic mass is 9.71. The predicted octanol–water partition coefficient (Wildman–Crippen LogP) is 3.27. The Balaban J connectivity index is 1.11. The second-order valence-electron chi connectivity index (χ2n) is 9.86. The summed E-state index contributed by atoms with van der Waals surface area (Å²) in [6, 6.07) is 4.10. The molecule has 1 spiro atoms. The molecule has 2 aliphatic carbocycles. The molecule has 2 unspecified atom stereocenters. The molecule has 7 rings (SSSR count). The van der Waals surface area contributed by atoms with E-state index < -0.39 is 11.6 Å². The highest BCUT2D eigenvalue weighted by molar-refractivity contribution is 5.59. The number of benzene rings is 1. The number of nitrogens with one attached hydrogen (secondary N) is 1. The fourth-order valence-corrected chi connectivity index (χ4v) is 6.33. The highest BCUT2D eigenvalue weighted by atomic mass is 19.2. The first kappa shape index (κ1) is 20.0. The van der Waals surface area contributed by atoms with Gasteiger partial charge in [0, 0.05) is 49.9 Å². The van der Waals surface area contributed by atoms with E-state index in [1.807, 2.05) is 14.5 Å². The van der Waals surface area contributed by atoms with E-state index in [4.69, 9.17) is 4.98 Å². The molecule has 8 nitrogen and oxygen atoms in total. The molecule has 34 heavy (non-hydrogen) atoms. The number of nitrogens with zero attached hydrogens (tertiary/aromatic N) is 7. The number of aryl methyl sites for hydroxylation is 2. The molecule has 176 valence electrons. The second-order valence-corrected chi connectivity index (χ2v) is 9.86. The van der Waals surface area contributed by atoms with E-state index in [0.29, 0.717) is 54.0 Å². The highest BCUT2D eigenvalue weighted by Crippen LogP contribution is 2.74. The van der Waals surface area contributed by atoms with Crippen LogP contribution in [0.5, 0.6) is 0 Å². The van der Waals surface area contributed by atoms with Gasteiger partial charge < -0.3 is 15.1 Å². The molecule has 1 aromatic carbocycles. The van der Waals surface area contributed by atoms with Gasteiger partial charge in [0.1, 0.15) is 6.33 Å². The summed E-state index contributed by atoms with van der Waals surface area (Å²) in [5.41, 5.74) is 1.14. The Bertz CT molecular complexity index is 1310. The molecule has 4 aliphatic rings. The molecular formula is C23H23F3N8. The summed E-state index contributed by atoms with van der Waals surface area (Å²) in [5, 5.41) is 8.17. The zero-order valence-corrected chi connectivity index (χ0v) is 18.5. The normalized spacial score (nSPS) is 28.8. The number of rotatable bonds is 4. The molecule has 0 amide bonds. The lowest BCUT2D eigenvalue weighted by Crippen LogP contribution is -2.47. The van der Waals surface area contributed by atoms with E-state index in [-0.39, 0.29) is 17.3 Å². The SMILES string of the molecule is Cc1ncnc(N2C[C@H]3[C@H](Nc4nc5n(n4)CCCN5c4ccc(F)c(F)c4)C4CC43C2)c1F. The van der Waals surface area contributed by atoms with Crippen LogP contribution in [0.4, 0.5) is 36.6 Å². The zero-order valence-electron chi connectivity index (χ0n) is 18.5. The van der Waals surface area contributed by atoms with Gasteiger partial charge in [0.2, 0.25) is 11.9 Å². The number of hydrogen-bond donors (Lipinski definition) is 1. The third kappa shape index (κ3) is 2.72. The molecule has 1 saturated heterocycles. The first-order valence-corrected chi connectivity index (χ1v) is 11.6. The molecular weight excluding hydrogens is 445 g/mol. The van der Waals surface area contributed by atoms with Crippen molar-refractivity contribution < 1.29 is 13.2 Å². The maximum absolute atomic E-state index is 14.6. The highest BCUT2D eigenvalue weighted by Gasteiger charge is 2.76. The average molecular weight is 468 g/mol. The van der Waals surface area contributed by atoms with Crippen molar-refractivity contribution in [2.24, 2.45) is 17.3 Å². The summed E-state index contributed by atoms with van der Waals surface area (Å²) >= 11 is 0. The van der Waals surface area contributed by atoms with Crippen LogP contribution in [-0.2, 0) is 6.54 Å². The standard InChI is InChI=1S/C23H23F3N8/c1-12-18(26)20(28-11-27-12)32-9-15-19(14-8-23(14,15)10-32)29-21-30-22-33(5-2-6-34(22)31-21)13-3-4-16(24)17(25)7-13/h3-4,7,11,14-15,19H,2,5-6,8-10H2,1H3,(H,29,31)/t14?,15-,19+,23?/m0/s1. The van der Waals surface area contributed by atoms with Crippen LogP contribution < -0.4 is 15.1 Å². The molecule has 2 saturated carbocycles. The third-order valence-corrected chi connectivity index (χ3v) is 8.09. The lowest BCUT2D eigenvalue weighted by molar-refractivity contribution is 0.193.